The van der Waals surface area contributed by atoms with Gasteiger partial charge in [-0.3, -0.25) is 0 Å². The van der Waals surface area contributed by atoms with E-state index in [-0.39, 0.29) is 10.8 Å². The molecule has 2 N–H and O–H groups in total. The molecule has 0 aliphatic heterocycles. The molecular formula is C50H39ClN2. The van der Waals surface area contributed by atoms with E-state index in [1.54, 1.807) is 0 Å². The molecule has 0 saturated heterocycles. The van der Waals surface area contributed by atoms with Crippen LogP contribution in [0.1, 0.15) is 49.9 Å². The van der Waals surface area contributed by atoms with E-state index in [4.69, 9.17) is 11.6 Å². The summed E-state index contributed by atoms with van der Waals surface area (Å²) in [6.07, 6.45) is 0. The van der Waals surface area contributed by atoms with Crippen LogP contribution in [0, 0.1) is 0 Å². The lowest BCUT2D eigenvalue weighted by molar-refractivity contribution is 0.661. The van der Waals surface area contributed by atoms with Crippen LogP contribution in [0.4, 0.5) is 11.4 Å². The van der Waals surface area contributed by atoms with Crippen LogP contribution >= 0.6 is 11.6 Å². The highest BCUT2D eigenvalue weighted by atomic mass is 35.5. The maximum absolute atomic E-state index is 6.32. The van der Waals surface area contributed by atoms with Crippen LogP contribution in [-0.4, -0.2) is 4.98 Å². The second-order valence-electron chi connectivity index (χ2n) is 15.7. The van der Waals surface area contributed by atoms with Crippen molar-refractivity contribution in [3.63, 3.8) is 0 Å². The van der Waals surface area contributed by atoms with Gasteiger partial charge in [0.25, 0.3) is 0 Å². The van der Waals surface area contributed by atoms with Crippen molar-refractivity contribution in [2.24, 2.45) is 0 Å². The number of fused-ring (bicyclic) bond motifs is 11. The van der Waals surface area contributed by atoms with Crippen LogP contribution in [0.25, 0.3) is 65.6 Å². The van der Waals surface area contributed by atoms with E-state index < -0.39 is 0 Å². The molecule has 0 radical (unpaired) electrons. The summed E-state index contributed by atoms with van der Waals surface area (Å²) in [6, 6.07) is 54.5. The molecule has 0 fully saturated rings. The quantitative estimate of drug-likeness (QED) is 0.184. The van der Waals surface area contributed by atoms with Crippen LogP contribution in [-0.2, 0) is 10.8 Å². The van der Waals surface area contributed by atoms with Crippen molar-refractivity contribution in [2.75, 3.05) is 5.32 Å². The number of aromatic nitrogens is 1. The first-order chi connectivity index (χ1) is 25.7. The lowest BCUT2D eigenvalue weighted by atomic mass is 9.81. The van der Waals surface area contributed by atoms with Crippen LogP contribution in [0.15, 0.2) is 152 Å². The van der Waals surface area contributed by atoms with E-state index in [2.05, 4.69) is 165 Å². The molecule has 0 saturated carbocycles. The number of nitrogens with one attached hydrogen (secondary N) is 2. The molecule has 9 aromatic rings. The number of aromatic amines is 1. The lowest BCUT2D eigenvalue weighted by Gasteiger charge is -2.22. The number of anilines is 2. The SMILES string of the molecule is CC1(C)c2cc(Nc3ccccc3Cl)ccc2-c2cc3ccccc3cc21.CC1(C)c2cc3ccccc3cc2-c2cc3c(cc21)[nH]c1ccccc13. The summed E-state index contributed by atoms with van der Waals surface area (Å²) in [5.41, 5.74) is 15.4. The first-order valence-electron chi connectivity index (χ1n) is 18.5. The van der Waals surface area contributed by atoms with Crippen molar-refractivity contribution in [3.8, 4) is 22.3 Å². The molecule has 11 rings (SSSR count). The largest absolute Gasteiger partial charge is 0.355 e. The number of rotatable bonds is 2. The maximum Gasteiger partial charge on any atom is 0.0640 e. The predicted octanol–water partition coefficient (Wildman–Crippen LogP) is 14.3. The van der Waals surface area contributed by atoms with Gasteiger partial charge in [0.15, 0.2) is 0 Å². The average Bonchev–Trinajstić information content (AvgIpc) is 3.72. The zero-order chi connectivity index (χ0) is 36.1. The second-order valence-corrected chi connectivity index (χ2v) is 16.1. The molecule has 2 aliphatic carbocycles. The Morgan fingerprint density at radius 2 is 0.943 bits per heavy atom. The van der Waals surface area contributed by atoms with Crippen molar-refractivity contribution in [1.82, 2.24) is 4.98 Å². The number of benzene rings is 8. The fourth-order valence-corrected chi connectivity index (χ4v) is 9.16. The fraction of sp³-hybridized carbons (Fsp3) is 0.120. The third-order valence-corrected chi connectivity index (χ3v) is 12.2. The maximum atomic E-state index is 6.32. The zero-order valence-electron chi connectivity index (χ0n) is 30.3. The summed E-state index contributed by atoms with van der Waals surface area (Å²) in [7, 11) is 0. The van der Waals surface area contributed by atoms with E-state index in [0.717, 1.165) is 16.4 Å². The molecule has 1 heterocycles. The van der Waals surface area contributed by atoms with Gasteiger partial charge < -0.3 is 10.3 Å². The van der Waals surface area contributed by atoms with Crippen molar-refractivity contribution in [2.45, 2.75) is 38.5 Å². The van der Waals surface area contributed by atoms with Gasteiger partial charge in [0.05, 0.1) is 10.7 Å². The highest BCUT2D eigenvalue weighted by Crippen LogP contribution is 2.52. The Balaban J connectivity index is 0.000000132. The first-order valence-corrected chi connectivity index (χ1v) is 18.8. The van der Waals surface area contributed by atoms with Crippen molar-refractivity contribution in [3.05, 3.63) is 179 Å². The standard InChI is InChI=1S/C25H20ClN.C25H19N/c1-25(2)21-14-17-8-4-3-7-16(17)13-20(21)19-12-11-18(15-22(19)25)27-24-10-6-5-9-23(24)26;1-25(2)21-12-16-8-4-3-7-15(16)11-18(21)19-13-20-17-9-5-6-10-23(17)26-24(20)14-22(19)25/h3-15,27H,1-2H3;3-14,26H,1-2H3. The van der Waals surface area contributed by atoms with Gasteiger partial charge in [-0.1, -0.05) is 124 Å². The van der Waals surface area contributed by atoms with Gasteiger partial charge in [-0.15, -0.1) is 0 Å². The van der Waals surface area contributed by atoms with Gasteiger partial charge in [0, 0.05) is 38.3 Å². The number of para-hydroxylation sites is 2. The number of hydrogen-bond acceptors (Lipinski definition) is 1. The summed E-state index contributed by atoms with van der Waals surface area (Å²) in [6.45, 7) is 9.32. The molecule has 53 heavy (non-hydrogen) atoms. The predicted molar refractivity (Wildman–Crippen MR) is 227 cm³/mol. The van der Waals surface area contributed by atoms with E-state index in [9.17, 15) is 0 Å². The Labute approximate surface area is 315 Å². The second kappa shape index (κ2) is 11.6. The normalized spacial score (nSPS) is 14.4. The molecule has 256 valence electrons. The molecule has 0 amide bonds. The minimum atomic E-state index is -0.0349. The summed E-state index contributed by atoms with van der Waals surface area (Å²) >= 11 is 6.32. The highest BCUT2D eigenvalue weighted by Gasteiger charge is 2.37. The Bertz CT molecular complexity index is 2940. The Hall–Kier alpha value is -5.83. The lowest BCUT2D eigenvalue weighted by Crippen LogP contribution is -2.15. The van der Waals surface area contributed by atoms with Crippen molar-refractivity contribution in [1.29, 1.82) is 0 Å². The highest BCUT2D eigenvalue weighted by molar-refractivity contribution is 6.33. The number of hydrogen-bond donors (Lipinski definition) is 2. The molecule has 0 spiro atoms. The Morgan fingerprint density at radius 3 is 1.60 bits per heavy atom. The monoisotopic (exact) mass is 702 g/mol. The molecular weight excluding hydrogens is 664 g/mol. The summed E-state index contributed by atoms with van der Waals surface area (Å²) in [5, 5.41) is 12.0. The molecule has 3 heteroatoms. The van der Waals surface area contributed by atoms with E-state index in [1.165, 1.54) is 87.9 Å². The van der Waals surface area contributed by atoms with Crippen LogP contribution in [0.5, 0.6) is 0 Å². The molecule has 2 nitrogen and oxygen atoms in total. The van der Waals surface area contributed by atoms with Crippen molar-refractivity contribution >= 4 is 66.3 Å². The molecule has 2 aliphatic rings. The van der Waals surface area contributed by atoms with Crippen LogP contribution in [0.3, 0.4) is 0 Å². The fourth-order valence-electron chi connectivity index (χ4n) is 8.98. The third-order valence-electron chi connectivity index (χ3n) is 11.9. The van der Waals surface area contributed by atoms with E-state index in [0.29, 0.717) is 0 Å². The summed E-state index contributed by atoms with van der Waals surface area (Å²) in [5.74, 6) is 0. The topological polar surface area (TPSA) is 27.8 Å². The van der Waals surface area contributed by atoms with E-state index in [1.807, 2.05) is 24.3 Å². The molecule has 0 bridgehead atoms. The van der Waals surface area contributed by atoms with Gasteiger partial charge in [-0.05, 0) is 133 Å². The van der Waals surface area contributed by atoms with Crippen LogP contribution < -0.4 is 5.32 Å². The van der Waals surface area contributed by atoms with Gasteiger partial charge in [-0.2, -0.15) is 0 Å². The minimum Gasteiger partial charge on any atom is -0.355 e. The van der Waals surface area contributed by atoms with Gasteiger partial charge in [-0.25, -0.2) is 0 Å². The minimum absolute atomic E-state index is 0.0141. The average molecular weight is 703 g/mol. The molecule has 0 atom stereocenters. The van der Waals surface area contributed by atoms with Gasteiger partial charge >= 0.3 is 0 Å². The summed E-state index contributed by atoms with van der Waals surface area (Å²) < 4.78 is 0. The van der Waals surface area contributed by atoms with Gasteiger partial charge in [0.2, 0.25) is 0 Å². The first kappa shape index (κ1) is 31.9. The Morgan fingerprint density at radius 1 is 0.434 bits per heavy atom. The molecule has 8 aromatic carbocycles. The summed E-state index contributed by atoms with van der Waals surface area (Å²) in [4.78, 5) is 3.60. The number of H-pyrrole nitrogens is 1. The smallest absolute Gasteiger partial charge is 0.0640 e. The van der Waals surface area contributed by atoms with Gasteiger partial charge in [0.1, 0.15) is 0 Å². The zero-order valence-corrected chi connectivity index (χ0v) is 31.1. The number of halogens is 1. The third kappa shape index (κ3) is 4.93. The van der Waals surface area contributed by atoms with Crippen molar-refractivity contribution < 1.29 is 0 Å². The molecule has 0 unspecified atom stereocenters. The van der Waals surface area contributed by atoms with Crippen LogP contribution in [0.2, 0.25) is 5.02 Å². The Kier molecular flexibility index (Phi) is 6.97. The molecule has 1 aromatic heterocycles. The van der Waals surface area contributed by atoms with E-state index >= 15 is 0 Å².